The number of benzene rings is 1. The molecule has 3 rings (SSSR count). The van der Waals surface area contributed by atoms with E-state index in [0.717, 1.165) is 21.8 Å². The lowest BCUT2D eigenvalue weighted by Gasteiger charge is -2.43. The van der Waals surface area contributed by atoms with E-state index >= 15 is 0 Å². The molecule has 0 spiro atoms. The lowest BCUT2D eigenvalue weighted by molar-refractivity contribution is 0.177. The monoisotopic (exact) mass is 334 g/mol. The van der Waals surface area contributed by atoms with Gasteiger partial charge in [-0.15, -0.1) is 0 Å². The average molecular weight is 335 g/mol. The molecule has 1 aliphatic carbocycles. The van der Waals surface area contributed by atoms with Gasteiger partial charge in [-0.25, -0.2) is 4.98 Å². The first-order valence-corrected chi connectivity index (χ1v) is 7.82. The predicted molar refractivity (Wildman–Crippen MR) is 82.5 cm³/mol. The van der Waals surface area contributed by atoms with Gasteiger partial charge < -0.3 is 4.42 Å². The first kappa shape index (κ1) is 13.8. The van der Waals surface area contributed by atoms with Crippen molar-refractivity contribution in [1.82, 2.24) is 10.3 Å². The highest BCUT2D eigenvalue weighted by Gasteiger charge is 2.38. The van der Waals surface area contributed by atoms with Gasteiger partial charge in [0.1, 0.15) is 5.76 Å². The van der Waals surface area contributed by atoms with E-state index in [0.29, 0.717) is 6.54 Å². The van der Waals surface area contributed by atoms with Gasteiger partial charge in [-0.2, -0.15) is 0 Å². The van der Waals surface area contributed by atoms with Crippen LogP contribution in [0, 0.1) is 13.8 Å². The number of nitrogens with one attached hydrogen (secondary N) is 1. The highest BCUT2D eigenvalue weighted by Crippen LogP contribution is 2.41. The van der Waals surface area contributed by atoms with Crippen molar-refractivity contribution in [2.75, 3.05) is 0 Å². The van der Waals surface area contributed by atoms with Gasteiger partial charge in [0.2, 0.25) is 5.89 Å². The number of hydrogen-bond acceptors (Lipinski definition) is 3. The van der Waals surface area contributed by atoms with Gasteiger partial charge >= 0.3 is 0 Å². The number of halogens is 1. The quantitative estimate of drug-likeness (QED) is 0.909. The second kappa shape index (κ2) is 5.34. The molecule has 1 heterocycles. The molecule has 0 atom stereocenters. The van der Waals surface area contributed by atoms with Crippen LogP contribution in [0.15, 0.2) is 33.2 Å². The summed E-state index contributed by atoms with van der Waals surface area (Å²) in [5.74, 6) is 1.69. The first-order valence-electron chi connectivity index (χ1n) is 7.03. The summed E-state index contributed by atoms with van der Waals surface area (Å²) in [6.07, 6.45) is 3.62. The molecule has 3 nitrogen and oxygen atoms in total. The summed E-state index contributed by atoms with van der Waals surface area (Å²) in [6.45, 7) is 4.63. The minimum Gasteiger partial charge on any atom is -0.444 e. The Balaban J connectivity index is 1.74. The number of aromatic nitrogens is 1. The Kier molecular flexibility index (Phi) is 3.69. The molecule has 2 aromatic rings. The van der Waals surface area contributed by atoms with Crippen LogP contribution in [0.3, 0.4) is 0 Å². The van der Waals surface area contributed by atoms with Gasteiger partial charge in [0, 0.05) is 10.0 Å². The molecule has 0 radical (unpaired) electrons. The number of nitrogens with zero attached hydrogens (tertiary/aromatic N) is 1. The number of oxazole rings is 1. The van der Waals surface area contributed by atoms with Crippen molar-refractivity contribution in [2.45, 2.75) is 45.2 Å². The second-order valence-electron chi connectivity index (χ2n) is 5.55. The average Bonchev–Trinajstić information content (AvgIpc) is 2.69. The Morgan fingerprint density at radius 3 is 2.45 bits per heavy atom. The molecule has 1 aromatic carbocycles. The lowest BCUT2D eigenvalue weighted by Crippen LogP contribution is -2.47. The summed E-state index contributed by atoms with van der Waals surface area (Å²) in [5.41, 5.74) is 2.43. The maximum atomic E-state index is 5.65. The molecular formula is C16H19BrN2O. The topological polar surface area (TPSA) is 38.1 Å². The normalized spacial score (nSPS) is 16.9. The van der Waals surface area contributed by atoms with E-state index in [9.17, 15) is 0 Å². The molecule has 106 valence electrons. The number of aryl methyl sites for hydroxylation is 2. The standard InChI is InChI=1S/C16H19BrN2O/c1-11-12(2)20-15(19-11)10-18-16(8-3-9-16)13-4-6-14(17)7-5-13/h4-7,18H,3,8-10H2,1-2H3. The van der Waals surface area contributed by atoms with E-state index in [2.05, 4.69) is 50.5 Å². The Labute approximate surface area is 127 Å². The molecule has 0 unspecified atom stereocenters. The minimum atomic E-state index is 0.0942. The SMILES string of the molecule is Cc1nc(CNC2(c3ccc(Br)cc3)CCC2)oc1C. The Bertz CT molecular complexity index is 580. The van der Waals surface area contributed by atoms with E-state index in [-0.39, 0.29) is 5.54 Å². The molecule has 0 amide bonds. The molecule has 1 aromatic heterocycles. The third kappa shape index (κ3) is 2.54. The molecule has 1 fully saturated rings. The summed E-state index contributed by atoms with van der Waals surface area (Å²) < 4.78 is 6.77. The van der Waals surface area contributed by atoms with Crippen LogP contribution in [-0.4, -0.2) is 4.98 Å². The molecule has 1 saturated carbocycles. The predicted octanol–water partition coefficient (Wildman–Crippen LogP) is 4.22. The van der Waals surface area contributed by atoms with Crippen molar-refractivity contribution in [3.63, 3.8) is 0 Å². The third-order valence-corrected chi connectivity index (χ3v) is 4.78. The van der Waals surface area contributed by atoms with Gasteiger partial charge in [0.25, 0.3) is 0 Å². The van der Waals surface area contributed by atoms with Crippen LogP contribution >= 0.6 is 15.9 Å². The van der Waals surface area contributed by atoms with Crippen LogP contribution < -0.4 is 5.32 Å². The maximum absolute atomic E-state index is 5.65. The van der Waals surface area contributed by atoms with Gasteiger partial charge in [-0.3, -0.25) is 5.32 Å². The zero-order valence-electron chi connectivity index (χ0n) is 11.9. The maximum Gasteiger partial charge on any atom is 0.208 e. The molecule has 0 bridgehead atoms. The summed E-state index contributed by atoms with van der Waals surface area (Å²) in [4.78, 5) is 4.44. The molecule has 20 heavy (non-hydrogen) atoms. The van der Waals surface area contributed by atoms with Crippen molar-refractivity contribution in [3.8, 4) is 0 Å². The van der Waals surface area contributed by atoms with Crippen molar-refractivity contribution in [2.24, 2.45) is 0 Å². The molecule has 4 heteroatoms. The highest BCUT2D eigenvalue weighted by atomic mass is 79.9. The Hall–Kier alpha value is -1.13. The van der Waals surface area contributed by atoms with Gasteiger partial charge in [0.05, 0.1) is 12.2 Å². The number of rotatable bonds is 4. The highest BCUT2D eigenvalue weighted by molar-refractivity contribution is 9.10. The first-order chi connectivity index (χ1) is 9.59. The Morgan fingerprint density at radius 1 is 1.25 bits per heavy atom. The van der Waals surface area contributed by atoms with Crippen molar-refractivity contribution in [3.05, 3.63) is 51.6 Å². The largest absolute Gasteiger partial charge is 0.444 e. The van der Waals surface area contributed by atoms with E-state index in [1.165, 1.54) is 24.8 Å². The zero-order chi connectivity index (χ0) is 14.2. The number of hydrogen-bond donors (Lipinski definition) is 1. The molecule has 1 N–H and O–H groups in total. The summed E-state index contributed by atoms with van der Waals surface area (Å²) in [7, 11) is 0. The van der Waals surface area contributed by atoms with E-state index in [4.69, 9.17) is 4.42 Å². The fourth-order valence-corrected chi connectivity index (χ4v) is 2.99. The Morgan fingerprint density at radius 2 is 1.95 bits per heavy atom. The van der Waals surface area contributed by atoms with Crippen LogP contribution in [0.1, 0.15) is 42.2 Å². The molecule has 1 aliphatic rings. The van der Waals surface area contributed by atoms with E-state index in [1.807, 2.05) is 13.8 Å². The molecular weight excluding hydrogens is 316 g/mol. The van der Waals surface area contributed by atoms with Crippen LogP contribution in [0.5, 0.6) is 0 Å². The van der Waals surface area contributed by atoms with Crippen LogP contribution in [0.25, 0.3) is 0 Å². The van der Waals surface area contributed by atoms with Crippen LogP contribution in [0.2, 0.25) is 0 Å². The van der Waals surface area contributed by atoms with Crippen LogP contribution in [-0.2, 0) is 12.1 Å². The summed E-state index contributed by atoms with van der Waals surface area (Å²) >= 11 is 3.49. The van der Waals surface area contributed by atoms with E-state index in [1.54, 1.807) is 0 Å². The smallest absolute Gasteiger partial charge is 0.208 e. The fourth-order valence-electron chi connectivity index (χ4n) is 2.73. The van der Waals surface area contributed by atoms with Crippen LogP contribution in [0.4, 0.5) is 0 Å². The molecule has 0 aliphatic heterocycles. The minimum absolute atomic E-state index is 0.0942. The van der Waals surface area contributed by atoms with Gasteiger partial charge in [-0.05, 0) is 50.8 Å². The fraction of sp³-hybridized carbons (Fsp3) is 0.438. The summed E-state index contributed by atoms with van der Waals surface area (Å²) in [6, 6.07) is 8.61. The summed E-state index contributed by atoms with van der Waals surface area (Å²) in [5, 5.41) is 3.65. The lowest BCUT2D eigenvalue weighted by atomic mass is 9.72. The second-order valence-corrected chi connectivity index (χ2v) is 6.46. The third-order valence-electron chi connectivity index (χ3n) is 4.25. The zero-order valence-corrected chi connectivity index (χ0v) is 13.5. The van der Waals surface area contributed by atoms with Gasteiger partial charge in [-0.1, -0.05) is 28.1 Å². The van der Waals surface area contributed by atoms with Crippen molar-refractivity contribution < 1.29 is 4.42 Å². The van der Waals surface area contributed by atoms with Gasteiger partial charge in [0.15, 0.2) is 0 Å². The molecule has 0 saturated heterocycles. The van der Waals surface area contributed by atoms with E-state index < -0.39 is 0 Å². The van der Waals surface area contributed by atoms with Crippen molar-refractivity contribution in [1.29, 1.82) is 0 Å². The van der Waals surface area contributed by atoms with Crippen molar-refractivity contribution >= 4 is 15.9 Å².